The van der Waals surface area contributed by atoms with E-state index in [1.54, 1.807) is 0 Å². The molecule has 5 nitrogen and oxygen atoms in total. The summed E-state index contributed by atoms with van der Waals surface area (Å²) < 4.78 is 5.21. The highest BCUT2D eigenvalue weighted by atomic mass is 35.5. The van der Waals surface area contributed by atoms with E-state index in [0.717, 1.165) is 57.3 Å². The van der Waals surface area contributed by atoms with Gasteiger partial charge in [0.05, 0.1) is 11.4 Å². The number of anilines is 2. The van der Waals surface area contributed by atoms with E-state index in [9.17, 15) is 4.79 Å². The molecule has 0 amide bonds. The van der Waals surface area contributed by atoms with Gasteiger partial charge in [0.1, 0.15) is 6.61 Å². The van der Waals surface area contributed by atoms with E-state index in [1.807, 2.05) is 24.8 Å². The van der Waals surface area contributed by atoms with Crippen LogP contribution in [0.4, 0.5) is 11.4 Å². The van der Waals surface area contributed by atoms with Crippen molar-refractivity contribution in [3.63, 3.8) is 0 Å². The van der Waals surface area contributed by atoms with E-state index >= 15 is 0 Å². The molecule has 2 aromatic carbocycles. The summed E-state index contributed by atoms with van der Waals surface area (Å²) in [5.74, 6) is -0.112. The number of nitrogens with zero attached hydrogens (tertiary/aromatic N) is 3. The van der Waals surface area contributed by atoms with Crippen molar-refractivity contribution in [2.75, 3.05) is 57.3 Å². The molecule has 1 saturated heterocycles. The average Bonchev–Trinajstić information content (AvgIpc) is 2.79. The fourth-order valence-corrected chi connectivity index (χ4v) is 5.37. The third-order valence-corrected chi connectivity index (χ3v) is 7.23. The molecular formula is C24H30ClN3O2S. The Morgan fingerprint density at radius 3 is 2.45 bits per heavy atom. The molecule has 2 aliphatic rings. The van der Waals surface area contributed by atoms with Crippen molar-refractivity contribution in [1.29, 1.82) is 0 Å². The van der Waals surface area contributed by atoms with Crippen LogP contribution in [0, 0.1) is 0 Å². The number of hydrogen-bond acceptors (Lipinski definition) is 6. The number of benzene rings is 2. The number of fused-ring (bicyclic) bond motifs is 2. The normalized spacial score (nSPS) is 16.6. The quantitative estimate of drug-likeness (QED) is 0.522. The molecule has 0 aromatic heterocycles. The lowest BCUT2D eigenvalue weighted by molar-refractivity contribution is -0.143. The minimum atomic E-state index is -0.112. The summed E-state index contributed by atoms with van der Waals surface area (Å²) >= 11 is 8.14. The molecule has 7 heteroatoms. The van der Waals surface area contributed by atoms with E-state index in [0.29, 0.717) is 13.0 Å². The number of carbonyl (C=O) groups excluding carboxylic acids is 1. The zero-order chi connectivity index (χ0) is 21.6. The molecule has 2 aliphatic heterocycles. The van der Waals surface area contributed by atoms with Crippen molar-refractivity contribution >= 4 is 40.7 Å². The van der Waals surface area contributed by atoms with Gasteiger partial charge in [0.2, 0.25) is 0 Å². The van der Waals surface area contributed by atoms with Crippen LogP contribution in [0.25, 0.3) is 0 Å². The number of rotatable bonds is 8. The second kappa shape index (κ2) is 10.7. The van der Waals surface area contributed by atoms with Crippen molar-refractivity contribution in [3.05, 3.63) is 47.5 Å². The Hall–Kier alpha value is -1.73. The standard InChI is InChI=1S/C24H30ClN3O2S/c1-2-24(29)30-17-16-27-14-12-26(13-15-27)10-5-11-28-20-6-3-4-7-22(20)31-23-9-8-19(25)18-21(23)28/h3-4,6-9,18H,2,5,10-17H2,1H3. The summed E-state index contributed by atoms with van der Waals surface area (Å²) in [5, 5.41) is 0.782. The van der Waals surface area contributed by atoms with Gasteiger partial charge in [0.25, 0.3) is 0 Å². The molecule has 2 heterocycles. The fourth-order valence-electron chi connectivity index (χ4n) is 4.12. The molecule has 1 fully saturated rings. The molecule has 4 rings (SSSR count). The maximum absolute atomic E-state index is 11.3. The first-order valence-electron chi connectivity index (χ1n) is 11.1. The van der Waals surface area contributed by atoms with Crippen LogP contribution in [0.15, 0.2) is 52.3 Å². The number of piperazine rings is 1. The Labute approximate surface area is 194 Å². The Bertz CT molecular complexity index is 902. The van der Waals surface area contributed by atoms with E-state index in [-0.39, 0.29) is 5.97 Å². The first kappa shape index (κ1) is 22.5. The Kier molecular flexibility index (Phi) is 7.77. The molecule has 0 N–H and O–H groups in total. The van der Waals surface area contributed by atoms with Crippen LogP contribution in [0.2, 0.25) is 5.02 Å². The average molecular weight is 460 g/mol. The first-order chi connectivity index (χ1) is 15.1. The van der Waals surface area contributed by atoms with Gasteiger partial charge in [-0.05, 0) is 43.3 Å². The molecule has 31 heavy (non-hydrogen) atoms. The molecule has 0 aliphatic carbocycles. The van der Waals surface area contributed by atoms with E-state index in [1.165, 1.54) is 21.2 Å². The van der Waals surface area contributed by atoms with Crippen LogP contribution in [0.1, 0.15) is 19.8 Å². The van der Waals surface area contributed by atoms with Crippen LogP contribution in [0.5, 0.6) is 0 Å². The lowest BCUT2D eigenvalue weighted by Crippen LogP contribution is -2.47. The van der Waals surface area contributed by atoms with Gasteiger partial charge in [-0.1, -0.05) is 42.4 Å². The van der Waals surface area contributed by atoms with Crippen LogP contribution in [0.3, 0.4) is 0 Å². The lowest BCUT2D eigenvalue weighted by Gasteiger charge is -2.36. The molecule has 0 radical (unpaired) electrons. The van der Waals surface area contributed by atoms with Gasteiger partial charge < -0.3 is 14.5 Å². The van der Waals surface area contributed by atoms with Crippen LogP contribution >= 0.6 is 23.4 Å². The highest BCUT2D eigenvalue weighted by Gasteiger charge is 2.24. The molecule has 166 valence electrons. The zero-order valence-corrected chi connectivity index (χ0v) is 19.6. The molecule has 0 atom stereocenters. The van der Waals surface area contributed by atoms with Crippen LogP contribution in [-0.2, 0) is 9.53 Å². The summed E-state index contributed by atoms with van der Waals surface area (Å²) in [5.41, 5.74) is 2.48. The van der Waals surface area contributed by atoms with Gasteiger partial charge >= 0.3 is 5.97 Å². The summed E-state index contributed by atoms with van der Waals surface area (Å²) in [4.78, 5) is 21.2. The Morgan fingerprint density at radius 2 is 1.68 bits per heavy atom. The van der Waals surface area contributed by atoms with Gasteiger partial charge in [0, 0.05) is 60.5 Å². The van der Waals surface area contributed by atoms with Crippen molar-refractivity contribution in [1.82, 2.24) is 9.80 Å². The minimum absolute atomic E-state index is 0.112. The summed E-state index contributed by atoms with van der Waals surface area (Å²) in [6, 6.07) is 14.8. The van der Waals surface area contributed by atoms with E-state index < -0.39 is 0 Å². The van der Waals surface area contributed by atoms with Gasteiger partial charge in [-0.15, -0.1) is 0 Å². The molecule has 0 unspecified atom stereocenters. The summed E-state index contributed by atoms with van der Waals surface area (Å²) in [6.45, 7) is 9.41. The van der Waals surface area contributed by atoms with Gasteiger partial charge in [0.15, 0.2) is 0 Å². The van der Waals surface area contributed by atoms with Crippen molar-refractivity contribution in [2.45, 2.75) is 29.6 Å². The number of ether oxygens (including phenoxy) is 1. The largest absolute Gasteiger partial charge is 0.464 e. The second-order valence-corrected chi connectivity index (χ2v) is 9.46. The third kappa shape index (κ3) is 5.75. The van der Waals surface area contributed by atoms with Crippen molar-refractivity contribution in [2.24, 2.45) is 0 Å². The predicted molar refractivity (Wildman–Crippen MR) is 128 cm³/mol. The van der Waals surface area contributed by atoms with E-state index in [4.69, 9.17) is 16.3 Å². The van der Waals surface area contributed by atoms with E-state index in [2.05, 4.69) is 51.1 Å². The van der Waals surface area contributed by atoms with Gasteiger partial charge in [-0.3, -0.25) is 9.69 Å². The second-order valence-electron chi connectivity index (χ2n) is 7.94. The maximum Gasteiger partial charge on any atom is 0.305 e. The number of hydrogen-bond donors (Lipinski definition) is 0. The number of carbonyl (C=O) groups is 1. The summed E-state index contributed by atoms with van der Waals surface area (Å²) in [6.07, 6.45) is 1.55. The SMILES string of the molecule is CCC(=O)OCCN1CCN(CCCN2c3ccccc3Sc3ccc(Cl)cc32)CC1. The highest BCUT2D eigenvalue weighted by Crippen LogP contribution is 2.48. The van der Waals surface area contributed by atoms with Crippen LogP contribution in [-0.4, -0.2) is 68.2 Å². The molecule has 2 aromatic rings. The van der Waals surface area contributed by atoms with Crippen LogP contribution < -0.4 is 4.90 Å². The van der Waals surface area contributed by atoms with Crippen molar-refractivity contribution < 1.29 is 9.53 Å². The van der Waals surface area contributed by atoms with Crippen molar-refractivity contribution in [3.8, 4) is 0 Å². The number of halogens is 1. The lowest BCUT2D eigenvalue weighted by atomic mass is 10.2. The monoisotopic (exact) mass is 459 g/mol. The van der Waals surface area contributed by atoms with Gasteiger partial charge in [-0.25, -0.2) is 0 Å². The molecule has 0 bridgehead atoms. The number of esters is 1. The third-order valence-electron chi connectivity index (χ3n) is 5.87. The topological polar surface area (TPSA) is 36.0 Å². The smallest absolute Gasteiger partial charge is 0.305 e. The molecule has 0 spiro atoms. The first-order valence-corrected chi connectivity index (χ1v) is 12.3. The molecular weight excluding hydrogens is 430 g/mol. The minimum Gasteiger partial charge on any atom is -0.464 e. The summed E-state index contributed by atoms with van der Waals surface area (Å²) in [7, 11) is 0. The van der Waals surface area contributed by atoms with Gasteiger partial charge in [-0.2, -0.15) is 0 Å². The Morgan fingerprint density at radius 1 is 0.968 bits per heavy atom. The molecule has 0 saturated carbocycles. The highest BCUT2D eigenvalue weighted by molar-refractivity contribution is 7.99. The maximum atomic E-state index is 11.3. The fraction of sp³-hybridized carbons (Fsp3) is 0.458. The predicted octanol–water partition coefficient (Wildman–Crippen LogP) is 4.90. The number of para-hydroxylation sites is 1. The Balaban J connectivity index is 1.28. The zero-order valence-electron chi connectivity index (χ0n) is 18.1.